The third-order valence-electron chi connectivity index (χ3n) is 2.43. The summed E-state index contributed by atoms with van der Waals surface area (Å²) in [4.78, 5) is 5.28. The molecule has 0 aliphatic rings. The number of halogens is 1. The van der Waals surface area contributed by atoms with Gasteiger partial charge in [0.25, 0.3) is 0 Å². The highest BCUT2D eigenvalue weighted by molar-refractivity contribution is 9.10. The van der Waals surface area contributed by atoms with Crippen LogP contribution in [0.2, 0.25) is 0 Å². The van der Waals surface area contributed by atoms with Crippen molar-refractivity contribution in [3.05, 3.63) is 46.5 Å². The molecule has 3 rings (SSSR count). The molecule has 0 atom stereocenters. The zero-order valence-electron chi connectivity index (χ0n) is 9.25. The van der Waals surface area contributed by atoms with Gasteiger partial charge in [0.1, 0.15) is 5.69 Å². The third-order valence-corrected chi connectivity index (χ3v) is 4.13. The van der Waals surface area contributed by atoms with Crippen molar-refractivity contribution in [2.45, 2.75) is 0 Å². The summed E-state index contributed by atoms with van der Waals surface area (Å²) in [5.74, 6) is 0.756. The fourth-order valence-corrected chi connectivity index (χ4v) is 3.06. The van der Waals surface area contributed by atoms with Crippen LogP contribution < -0.4 is 5.73 Å². The summed E-state index contributed by atoms with van der Waals surface area (Å²) in [6.45, 7) is 0. The number of rotatable bonds is 2. The Labute approximate surface area is 116 Å². The average molecular weight is 321 g/mol. The van der Waals surface area contributed by atoms with Crippen LogP contribution in [0.5, 0.6) is 0 Å². The van der Waals surface area contributed by atoms with E-state index in [1.54, 1.807) is 28.4 Å². The van der Waals surface area contributed by atoms with Gasteiger partial charge in [-0.2, -0.15) is 5.10 Å². The van der Waals surface area contributed by atoms with E-state index < -0.39 is 0 Å². The Bertz CT molecular complexity index is 674. The van der Waals surface area contributed by atoms with Crippen LogP contribution in [0.3, 0.4) is 0 Å². The fraction of sp³-hybridized carbons (Fsp3) is 0. The molecule has 0 aliphatic carbocycles. The lowest BCUT2D eigenvalue weighted by molar-refractivity contribution is 0.851. The van der Waals surface area contributed by atoms with Crippen molar-refractivity contribution < 1.29 is 0 Å². The maximum atomic E-state index is 6.00. The van der Waals surface area contributed by atoms with Crippen LogP contribution in [-0.2, 0) is 0 Å². The molecule has 0 fully saturated rings. The Morgan fingerprint density at radius 2 is 2.22 bits per heavy atom. The highest BCUT2D eigenvalue weighted by atomic mass is 79.9. The van der Waals surface area contributed by atoms with Crippen molar-refractivity contribution in [3.63, 3.8) is 0 Å². The minimum absolute atomic E-state index is 0.648. The smallest absolute Gasteiger partial charge is 0.153 e. The number of pyridine rings is 1. The minimum Gasteiger partial charge on any atom is -0.396 e. The van der Waals surface area contributed by atoms with E-state index in [9.17, 15) is 0 Å². The quantitative estimate of drug-likeness (QED) is 0.787. The summed E-state index contributed by atoms with van der Waals surface area (Å²) in [7, 11) is 0. The van der Waals surface area contributed by atoms with Crippen molar-refractivity contribution in [2.75, 3.05) is 5.73 Å². The molecule has 3 aromatic rings. The second kappa shape index (κ2) is 4.55. The number of thiophene rings is 1. The topological polar surface area (TPSA) is 56.7 Å². The zero-order chi connectivity index (χ0) is 12.5. The van der Waals surface area contributed by atoms with Gasteiger partial charge in [-0.15, -0.1) is 11.3 Å². The number of aromatic nitrogens is 3. The Morgan fingerprint density at radius 1 is 1.33 bits per heavy atom. The largest absolute Gasteiger partial charge is 0.396 e. The molecular weight excluding hydrogens is 312 g/mol. The van der Waals surface area contributed by atoms with Gasteiger partial charge in [-0.25, -0.2) is 9.67 Å². The maximum Gasteiger partial charge on any atom is 0.153 e. The standard InChI is InChI=1S/C12H9BrN4S/c13-8-5-10(18-7-8)12-9(14)6-17(16-12)11-3-1-2-4-15-11/h1-7H,14H2. The van der Waals surface area contributed by atoms with Crippen LogP contribution in [-0.4, -0.2) is 14.8 Å². The first-order valence-corrected chi connectivity index (χ1v) is 6.92. The molecule has 0 radical (unpaired) electrons. The van der Waals surface area contributed by atoms with Gasteiger partial charge in [0.05, 0.1) is 16.8 Å². The molecule has 0 aromatic carbocycles. The predicted molar refractivity (Wildman–Crippen MR) is 76.8 cm³/mol. The molecule has 0 spiro atoms. The van der Waals surface area contributed by atoms with Crippen molar-refractivity contribution in [2.24, 2.45) is 0 Å². The summed E-state index contributed by atoms with van der Waals surface area (Å²) in [6.07, 6.45) is 3.51. The van der Waals surface area contributed by atoms with E-state index in [1.165, 1.54) is 0 Å². The minimum atomic E-state index is 0.648. The van der Waals surface area contributed by atoms with Crippen molar-refractivity contribution in [1.29, 1.82) is 0 Å². The van der Waals surface area contributed by atoms with Crippen molar-refractivity contribution in [1.82, 2.24) is 14.8 Å². The molecule has 6 heteroatoms. The lowest BCUT2D eigenvalue weighted by Crippen LogP contribution is -1.96. The Morgan fingerprint density at radius 3 is 2.89 bits per heavy atom. The van der Waals surface area contributed by atoms with Gasteiger partial charge >= 0.3 is 0 Å². The first-order chi connectivity index (χ1) is 8.74. The SMILES string of the molecule is Nc1cn(-c2ccccn2)nc1-c1cc(Br)cs1. The first-order valence-electron chi connectivity index (χ1n) is 5.25. The van der Waals surface area contributed by atoms with Crippen LogP contribution in [0, 0.1) is 0 Å². The van der Waals surface area contributed by atoms with Gasteiger partial charge in [-0.1, -0.05) is 6.07 Å². The molecule has 0 bridgehead atoms. The summed E-state index contributed by atoms with van der Waals surface area (Å²) in [5.41, 5.74) is 7.44. The Hall–Kier alpha value is -1.66. The second-order valence-corrected chi connectivity index (χ2v) is 5.52. The van der Waals surface area contributed by atoms with Gasteiger partial charge < -0.3 is 5.73 Å². The third kappa shape index (κ3) is 2.04. The number of nitrogen functional groups attached to an aromatic ring is 1. The molecule has 0 saturated carbocycles. The number of nitrogens with zero attached hydrogens (tertiary/aromatic N) is 3. The van der Waals surface area contributed by atoms with Crippen molar-refractivity contribution in [3.8, 4) is 16.4 Å². The maximum absolute atomic E-state index is 6.00. The van der Waals surface area contributed by atoms with E-state index in [4.69, 9.17) is 5.73 Å². The number of hydrogen-bond donors (Lipinski definition) is 1. The van der Waals surface area contributed by atoms with Gasteiger partial charge in [0, 0.05) is 16.0 Å². The molecular formula is C12H9BrN4S. The summed E-state index contributed by atoms with van der Waals surface area (Å²) in [5, 5.41) is 6.49. The molecule has 3 aromatic heterocycles. The molecule has 3 heterocycles. The summed E-state index contributed by atoms with van der Waals surface area (Å²) < 4.78 is 2.73. The van der Waals surface area contributed by atoms with Crippen LogP contribution in [0.25, 0.3) is 16.4 Å². The normalized spacial score (nSPS) is 10.7. The summed E-state index contributed by atoms with van der Waals surface area (Å²) in [6, 6.07) is 7.68. The lowest BCUT2D eigenvalue weighted by atomic mass is 10.3. The Balaban J connectivity index is 2.06. The predicted octanol–water partition coefficient (Wildman–Crippen LogP) is 3.34. The second-order valence-electron chi connectivity index (χ2n) is 3.69. The van der Waals surface area contributed by atoms with Gasteiger partial charge in [0.2, 0.25) is 0 Å². The van der Waals surface area contributed by atoms with Gasteiger partial charge in [-0.3, -0.25) is 0 Å². The zero-order valence-corrected chi connectivity index (χ0v) is 11.6. The number of nitrogens with two attached hydrogens (primary N) is 1. The number of hydrogen-bond acceptors (Lipinski definition) is 4. The van der Waals surface area contributed by atoms with E-state index >= 15 is 0 Å². The van der Waals surface area contributed by atoms with Crippen LogP contribution in [0.15, 0.2) is 46.5 Å². The van der Waals surface area contributed by atoms with E-state index in [-0.39, 0.29) is 0 Å². The summed E-state index contributed by atoms with van der Waals surface area (Å²) >= 11 is 5.03. The average Bonchev–Trinajstić information content (AvgIpc) is 2.97. The monoisotopic (exact) mass is 320 g/mol. The van der Waals surface area contributed by atoms with E-state index in [2.05, 4.69) is 26.0 Å². The molecule has 2 N–H and O–H groups in total. The number of anilines is 1. The molecule has 4 nitrogen and oxygen atoms in total. The van der Waals surface area contributed by atoms with E-state index in [1.807, 2.05) is 29.6 Å². The van der Waals surface area contributed by atoms with E-state index in [0.29, 0.717) is 5.69 Å². The fourth-order valence-electron chi connectivity index (χ4n) is 1.62. The van der Waals surface area contributed by atoms with Crippen LogP contribution in [0.4, 0.5) is 5.69 Å². The Kier molecular flexibility index (Phi) is 2.89. The molecule has 0 unspecified atom stereocenters. The van der Waals surface area contributed by atoms with E-state index in [0.717, 1.165) is 20.9 Å². The van der Waals surface area contributed by atoms with Crippen LogP contribution >= 0.6 is 27.3 Å². The molecule has 0 saturated heterocycles. The van der Waals surface area contributed by atoms with Gasteiger partial charge in [0.15, 0.2) is 5.82 Å². The molecule has 0 amide bonds. The first kappa shape index (κ1) is 11.4. The lowest BCUT2D eigenvalue weighted by Gasteiger charge is -1.97. The molecule has 90 valence electrons. The van der Waals surface area contributed by atoms with Crippen LogP contribution in [0.1, 0.15) is 0 Å². The molecule has 18 heavy (non-hydrogen) atoms. The van der Waals surface area contributed by atoms with Crippen molar-refractivity contribution >= 4 is 33.0 Å². The highest BCUT2D eigenvalue weighted by Crippen LogP contribution is 2.32. The van der Waals surface area contributed by atoms with Gasteiger partial charge in [-0.05, 0) is 34.1 Å². The highest BCUT2D eigenvalue weighted by Gasteiger charge is 2.11. The molecule has 0 aliphatic heterocycles.